The Balaban J connectivity index is 0.000000118. The van der Waals surface area contributed by atoms with Crippen molar-refractivity contribution in [1.82, 2.24) is 97.4 Å². The number of urea groups is 2. The number of para-hydroxylation sites is 2. The number of hydrogen-bond acceptors (Lipinski definition) is 30. The number of nitrogens with one attached hydrogen (secondary N) is 7. The van der Waals surface area contributed by atoms with Crippen LogP contribution in [-0.2, 0) is 11.2 Å². The smallest absolute Gasteiger partial charge is 0.409 e. The Morgan fingerprint density at radius 3 is 1.20 bits per heavy atom. The Kier molecular flexibility index (Phi) is 28.7. The molecule has 8 aliphatic carbocycles. The van der Waals surface area contributed by atoms with Gasteiger partial charge in [0, 0.05) is 160 Å². The lowest BCUT2D eigenvalue weighted by molar-refractivity contribution is -0.133. The Morgan fingerprint density at radius 1 is 0.484 bits per heavy atom. The number of fused-ring (bicyclic) bond motifs is 6. The average Bonchev–Trinajstić information content (AvgIpc) is 1.64. The Bertz CT molecular complexity index is 5370. The van der Waals surface area contributed by atoms with Gasteiger partial charge in [0.2, 0.25) is 10.3 Å². The molecule has 9 atom stereocenters. The molecule has 3 saturated heterocycles. The zero-order chi connectivity index (χ0) is 83.9. The highest BCUT2D eigenvalue weighted by atomic mass is 35.5. The van der Waals surface area contributed by atoms with Gasteiger partial charge in [-0.15, -0.1) is 24.8 Å². The summed E-state index contributed by atoms with van der Waals surface area (Å²) in [4.78, 5) is 111. The zero-order valence-electron chi connectivity index (χ0n) is 68.7. The maximum atomic E-state index is 12.7. The van der Waals surface area contributed by atoms with Gasteiger partial charge in [0.05, 0.1) is 28.4 Å². The van der Waals surface area contributed by atoms with Crippen LogP contribution in [0.25, 0.3) is 33.1 Å². The fourth-order valence-corrected chi connectivity index (χ4v) is 19.8. The molecule has 654 valence electrons. The monoisotopic (exact) mass is 1820 g/mol. The number of amidine groups is 1. The minimum Gasteiger partial charge on any atom is -0.426 e. The number of nitrogens with zero attached hydrogens (tertiary/aromatic N) is 19. The van der Waals surface area contributed by atoms with Gasteiger partial charge in [-0.3, -0.25) is 20.8 Å². The molecule has 11 N–H and O–H groups in total. The van der Waals surface area contributed by atoms with Crippen LogP contribution in [-0.4, -0.2) is 200 Å². The van der Waals surface area contributed by atoms with Gasteiger partial charge in [0.1, 0.15) is 93.2 Å². The second kappa shape index (κ2) is 40.2. The number of aromatic nitrogens is 17. The van der Waals surface area contributed by atoms with Gasteiger partial charge >= 0.3 is 23.5 Å². The first-order chi connectivity index (χ1) is 59.4. The number of carbonyl (C=O) groups is 4. The number of anilines is 6. The number of halogens is 3. The number of nitrogens with two attached hydrogens (primary N) is 2. The summed E-state index contributed by atoms with van der Waals surface area (Å²) in [7, 11) is 6.42. The molecule has 3 aliphatic heterocycles. The molecule has 34 nitrogen and oxygen atoms in total. The predicted molar refractivity (Wildman–Crippen MR) is 486 cm³/mol. The van der Waals surface area contributed by atoms with Gasteiger partial charge in [-0.1, -0.05) is 36.4 Å². The first-order valence-electron chi connectivity index (χ1n) is 41.9. The van der Waals surface area contributed by atoms with Crippen LogP contribution in [0.4, 0.5) is 47.2 Å². The number of esters is 1. The normalized spacial score (nSPS) is 22.1. The maximum absolute atomic E-state index is 12.7. The molecule has 10 aromatic heterocycles. The molecule has 124 heavy (non-hydrogen) atoms. The Labute approximate surface area is 749 Å². The number of hydrogen-bond donors (Lipinski definition) is 9. The van der Waals surface area contributed by atoms with Crippen molar-refractivity contribution < 1.29 is 28.7 Å². The summed E-state index contributed by atoms with van der Waals surface area (Å²) < 4.78 is 26.8. The third-order valence-corrected chi connectivity index (χ3v) is 27.2. The van der Waals surface area contributed by atoms with E-state index in [4.69, 9.17) is 33.2 Å². The van der Waals surface area contributed by atoms with E-state index in [1.165, 1.54) is 123 Å². The van der Waals surface area contributed by atoms with Crippen LogP contribution in [0.3, 0.4) is 0 Å². The van der Waals surface area contributed by atoms with E-state index >= 15 is 0 Å². The summed E-state index contributed by atoms with van der Waals surface area (Å²) in [5.74, 6) is 14.2. The van der Waals surface area contributed by atoms with Crippen molar-refractivity contribution in [3.05, 3.63) is 145 Å². The number of amides is 4. The Hall–Kier alpha value is -10.5. The molecule has 11 aliphatic rings. The lowest BCUT2D eigenvalue weighted by Gasteiger charge is -2.27. The first-order valence-corrected chi connectivity index (χ1v) is 45.3. The first kappa shape index (κ1) is 88.4. The second-order valence-corrected chi connectivity index (χ2v) is 36.7. The number of ether oxygens (including phenoxy) is 2. The van der Waals surface area contributed by atoms with Gasteiger partial charge in [-0.25, -0.2) is 64.2 Å². The SMILES string of the molecule is CN(c1ncnc2[nH]ccc12)C1C[C@@H]2CN(C(=O)Nc3nc(C4CC4)ns3)C[C@@H]2C1.CN(c1ncnc2[nH]ccc12)C1C[C@@H]2CN(C(=O)Nc3nc(C4CC4)ns3)C[C@@H]2C1.CN(c1ncnc2[nH]ccc12)C1C[C@H]2CNC[C@H]2C1.Cl.Cl.N=C(N)C1CC1.Nc1nc(C2CC2)ns1.O=C(Cc1nc(C2CC2)ns1)Oc1ccccc1.O=C(Cl)Oc1ccccc1. The van der Waals surface area contributed by atoms with E-state index in [2.05, 4.69) is 145 Å². The van der Waals surface area contributed by atoms with Crippen molar-refractivity contribution in [2.75, 3.05) is 91.5 Å². The summed E-state index contributed by atoms with van der Waals surface area (Å²) in [5, 5.41) is 22.0. The van der Waals surface area contributed by atoms with Gasteiger partial charge in [-0.05, 0) is 205 Å². The molecular formula is C83H101Cl3N28O6S4. The van der Waals surface area contributed by atoms with Crippen molar-refractivity contribution in [2.45, 2.75) is 151 Å². The van der Waals surface area contributed by atoms with Crippen molar-refractivity contribution >= 4 is 178 Å². The molecule has 0 spiro atoms. The van der Waals surface area contributed by atoms with E-state index in [0.29, 0.717) is 104 Å². The maximum Gasteiger partial charge on any atom is 0.409 e. The molecule has 8 saturated carbocycles. The molecule has 23 rings (SSSR count). The summed E-state index contributed by atoms with van der Waals surface area (Å²) in [6.07, 6.45) is 29.5. The van der Waals surface area contributed by atoms with E-state index in [1.54, 1.807) is 55.4 Å². The van der Waals surface area contributed by atoms with Crippen LogP contribution in [0.15, 0.2) is 116 Å². The standard InChI is InChI=1S/2C20H24N8OS.C14H19N5.C13H12N2O2S.C7H5ClO2.C5H7N3S.C4H8N2.2ClH/c2*1-27(18-15-4-5-21-17(15)22-10-23-18)14-6-12-8-28(9-13(12)7-14)20(29)25-19-24-16(26-30-19)11-2-3-11;1-19(11-4-9-6-15-7-10(9)5-11)14-12-2-3-16-13(12)17-8-18-14;16-12(17-10-4-2-1-3-5-10)8-11-14-13(15-18-11)9-6-7-9;8-7(9)10-6-4-2-1-3-5-6;6-5-7-4(8-9-5)3-1-2-3;5-4(6)3-1-2-3;;/h2*4-5,10-14H,2-3,6-9H2,1H3,(H,21,22,23)(H,24,25,26,29);2-3,8-11,15H,4-7H2,1H3,(H,16,17,18);1-5,9H,6-8H2;1-5H;3H,1-2H2,(H2,6,7,8);3H,1-2H2,(H3,5,6);2*1H/t2*12-,13+,14?;9-,10+,11?;;;;;;. The number of nitrogen functional groups attached to an aromatic ring is 1. The highest BCUT2D eigenvalue weighted by Gasteiger charge is 2.47. The molecule has 0 bridgehead atoms. The molecule has 2 aromatic carbocycles. The van der Waals surface area contributed by atoms with Crippen LogP contribution in [0.5, 0.6) is 11.5 Å². The van der Waals surface area contributed by atoms with Gasteiger partial charge in [0.25, 0.3) is 0 Å². The van der Waals surface area contributed by atoms with Crippen molar-refractivity contribution in [1.29, 1.82) is 5.41 Å². The van der Waals surface area contributed by atoms with Crippen LogP contribution >= 0.6 is 82.5 Å². The van der Waals surface area contributed by atoms with E-state index in [0.717, 1.165) is 155 Å². The number of carbonyl (C=O) groups excluding carboxylic acids is 4. The van der Waals surface area contributed by atoms with Gasteiger partial charge in [-0.2, -0.15) is 17.5 Å². The van der Waals surface area contributed by atoms with Crippen LogP contribution < -0.4 is 51.6 Å². The lowest BCUT2D eigenvalue weighted by Crippen LogP contribution is -2.36. The fourth-order valence-electron chi connectivity index (χ4n) is 17.2. The largest absolute Gasteiger partial charge is 0.426 e. The molecule has 41 heteroatoms. The second-order valence-electron chi connectivity index (χ2n) is 33.3. The van der Waals surface area contributed by atoms with E-state index in [1.807, 2.05) is 64.8 Å². The minimum absolute atomic E-state index is 0. The third-order valence-electron chi connectivity index (χ3n) is 24.6. The zero-order valence-corrected chi connectivity index (χ0v) is 74.4. The van der Waals surface area contributed by atoms with Crippen molar-refractivity contribution in [3.63, 3.8) is 0 Å². The number of benzene rings is 2. The summed E-state index contributed by atoms with van der Waals surface area (Å²) >= 11 is 10.1. The lowest BCUT2D eigenvalue weighted by atomic mass is 10.0. The van der Waals surface area contributed by atoms with Crippen molar-refractivity contribution in [3.8, 4) is 11.5 Å². The fraction of sp³-hybridized carbons (Fsp3) is 0.482. The third kappa shape index (κ3) is 22.4. The average molecular weight is 1820 g/mol. The molecule has 11 fully saturated rings. The van der Waals surface area contributed by atoms with Crippen LogP contribution in [0.1, 0.15) is 155 Å². The Morgan fingerprint density at radius 2 is 0.847 bits per heavy atom. The minimum atomic E-state index is -0.814. The van der Waals surface area contributed by atoms with E-state index < -0.39 is 5.43 Å². The topological polar surface area (TPSA) is 443 Å². The molecule has 12 aromatic rings. The van der Waals surface area contributed by atoms with E-state index in [9.17, 15) is 19.2 Å². The molecule has 3 unspecified atom stereocenters. The molecule has 13 heterocycles. The summed E-state index contributed by atoms with van der Waals surface area (Å²) in [5.41, 5.74) is 12.3. The number of likely N-dealkylation sites (tertiary alicyclic amines) is 2. The predicted octanol–water partition coefficient (Wildman–Crippen LogP) is 14.7. The molecule has 0 radical (unpaired) electrons. The van der Waals surface area contributed by atoms with Gasteiger partial charge < -0.3 is 65.7 Å². The summed E-state index contributed by atoms with van der Waals surface area (Å²) in [6, 6.07) is 25.2. The van der Waals surface area contributed by atoms with Gasteiger partial charge in [0.15, 0.2) is 5.13 Å². The quantitative estimate of drug-likeness (QED) is 0.0134. The number of rotatable bonds is 17. The number of H-pyrrole nitrogens is 3. The highest BCUT2D eigenvalue weighted by molar-refractivity contribution is 7.10. The molecule has 4 amide bonds. The summed E-state index contributed by atoms with van der Waals surface area (Å²) in [6.45, 7) is 5.60. The van der Waals surface area contributed by atoms with Crippen LogP contribution in [0.2, 0.25) is 0 Å². The number of aromatic amines is 3. The van der Waals surface area contributed by atoms with Crippen LogP contribution in [0, 0.1) is 46.8 Å². The molecular weight excluding hydrogens is 1720 g/mol. The highest BCUT2D eigenvalue weighted by Crippen LogP contribution is 2.47. The van der Waals surface area contributed by atoms with Crippen molar-refractivity contribution in [2.24, 2.45) is 47.2 Å². The van der Waals surface area contributed by atoms with E-state index in [-0.39, 0.29) is 49.3 Å².